The van der Waals surface area contributed by atoms with Gasteiger partial charge in [-0.05, 0) is 30.5 Å². The molecule has 1 amide bonds. The fourth-order valence-electron chi connectivity index (χ4n) is 2.22. The third-order valence-electron chi connectivity index (χ3n) is 3.39. The van der Waals surface area contributed by atoms with Gasteiger partial charge < -0.3 is 14.7 Å². The average molecular weight is 267 g/mol. The lowest BCUT2D eigenvalue weighted by molar-refractivity contribution is -0.132. The molecule has 19 heavy (non-hydrogen) atoms. The number of carbonyl (C=O) groups excluding carboxylic acids is 1. The highest BCUT2D eigenvalue weighted by atomic mass is 19.1. The van der Waals surface area contributed by atoms with Gasteiger partial charge in [0, 0.05) is 13.1 Å². The van der Waals surface area contributed by atoms with Gasteiger partial charge in [0.25, 0.3) is 0 Å². The van der Waals surface area contributed by atoms with Crippen LogP contribution in [0.15, 0.2) is 18.2 Å². The summed E-state index contributed by atoms with van der Waals surface area (Å²) in [6, 6.07) is 4.55. The molecule has 0 bridgehead atoms. The Morgan fingerprint density at radius 2 is 2.16 bits per heavy atom. The van der Waals surface area contributed by atoms with Crippen LogP contribution in [-0.2, 0) is 11.2 Å². The van der Waals surface area contributed by atoms with Crippen molar-refractivity contribution in [1.82, 2.24) is 4.90 Å². The van der Waals surface area contributed by atoms with Crippen LogP contribution in [0.2, 0.25) is 0 Å². The van der Waals surface area contributed by atoms with Gasteiger partial charge in [0.2, 0.25) is 5.91 Å². The highest BCUT2D eigenvalue weighted by Gasteiger charge is 2.21. The van der Waals surface area contributed by atoms with E-state index in [1.807, 2.05) is 0 Å². The number of piperidine rings is 1. The minimum absolute atomic E-state index is 0.0310. The molecule has 5 heteroatoms. The molecule has 0 spiro atoms. The molecule has 0 saturated carbocycles. The van der Waals surface area contributed by atoms with Crippen LogP contribution in [0.5, 0.6) is 5.75 Å². The molecule has 0 unspecified atom stereocenters. The van der Waals surface area contributed by atoms with E-state index in [9.17, 15) is 14.3 Å². The fourth-order valence-corrected chi connectivity index (χ4v) is 2.22. The summed E-state index contributed by atoms with van der Waals surface area (Å²) in [6.45, 7) is 1.14. The number of hydrogen-bond acceptors (Lipinski definition) is 3. The molecule has 1 saturated heterocycles. The number of aliphatic hydroxyl groups excluding tert-OH is 1. The van der Waals surface area contributed by atoms with Crippen molar-refractivity contribution in [3.05, 3.63) is 29.6 Å². The second-order valence-electron chi connectivity index (χ2n) is 4.76. The Labute approximate surface area is 111 Å². The predicted octanol–water partition coefficient (Wildman–Crippen LogP) is 1.36. The van der Waals surface area contributed by atoms with Crippen LogP contribution in [0, 0.1) is 5.82 Å². The molecule has 1 heterocycles. The smallest absolute Gasteiger partial charge is 0.226 e. The summed E-state index contributed by atoms with van der Waals surface area (Å²) in [7, 11) is 1.41. The maximum atomic E-state index is 13.5. The molecule has 1 aliphatic heterocycles. The van der Waals surface area contributed by atoms with Gasteiger partial charge in [0.05, 0.1) is 19.6 Å². The van der Waals surface area contributed by atoms with E-state index >= 15 is 0 Å². The monoisotopic (exact) mass is 267 g/mol. The Morgan fingerprint density at radius 3 is 2.74 bits per heavy atom. The van der Waals surface area contributed by atoms with Crippen molar-refractivity contribution in [2.75, 3.05) is 20.2 Å². The molecule has 0 aliphatic carbocycles. The van der Waals surface area contributed by atoms with Crippen LogP contribution in [-0.4, -0.2) is 42.2 Å². The SMILES string of the molecule is COc1ccc(CC(=O)N2CCC(O)CC2)cc1F. The van der Waals surface area contributed by atoms with Crippen LogP contribution in [0.25, 0.3) is 0 Å². The first kappa shape index (κ1) is 13.8. The van der Waals surface area contributed by atoms with E-state index in [0.29, 0.717) is 31.5 Å². The number of ether oxygens (including phenoxy) is 1. The number of likely N-dealkylation sites (tertiary alicyclic amines) is 1. The molecule has 1 N–H and O–H groups in total. The fraction of sp³-hybridized carbons (Fsp3) is 0.500. The number of amides is 1. The molecule has 2 rings (SSSR count). The summed E-state index contributed by atoms with van der Waals surface area (Å²) < 4.78 is 18.3. The highest BCUT2D eigenvalue weighted by Crippen LogP contribution is 2.19. The Morgan fingerprint density at radius 1 is 1.47 bits per heavy atom. The maximum absolute atomic E-state index is 13.5. The Hall–Kier alpha value is -1.62. The zero-order valence-electron chi connectivity index (χ0n) is 10.9. The second-order valence-corrected chi connectivity index (χ2v) is 4.76. The molecular weight excluding hydrogens is 249 g/mol. The second kappa shape index (κ2) is 6.02. The minimum atomic E-state index is -0.457. The number of nitrogens with zero attached hydrogens (tertiary/aromatic N) is 1. The van der Waals surface area contributed by atoms with E-state index < -0.39 is 5.82 Å². The highest BCUT2D eigenvalue weighted by molar-refractivity contribution is 5.78. The van der Waals surface area contributed by atoms with Crippen LogP contribution in [0.1, 0.15) is 18.4 Å². The molecule has 0 aromatic heterocycles. The van der Waals surface area contributed by atoms with Gasteiger partial charge in [-0.3, -0.25) is 4.79 Å². The Kier molecular flexibility index (Phi) is 4.37. The van der Waals surface area contributed by atoms with E-state index in [4.69, 9.17) is 4.74 Å². The van der Waals surface area contributed by atoms with Crippen molar-refractivity contribution in [1.29, 1.82) is 0 Å². The van der Waals surface area contributed by atoms with Crippen molar-refractivity contribution in [2.45, 2.75) is 25.4 Å². The van der Waals surface area contributed by atoms with E-state index in [1.54, 1.807) is 11.0 Å². The summed E-state index contributed by atoms with van der Waals surface area (Å²) in [5.74, 6) is -0.310. The van der Waals surface area contributed by atoms with Gasteiger partial charge in [-0.25, -0.2) is 4.39 Å². The van der Waals surface area contributed by atoms with Crippen LogP contribution >= 0.6 is 0 Å². The first-order valence-electron chi connectivity index (χ1n) is 6.38. The first-order valence-corrected chi connectivity index (χ1v) is 6.38. The van der Waals surface area contributed by atoms with Crippen molar-refractivity contribution in [3.63, 3.8) is 0 Å². The number of benzene rings is 1. The van der Waals surface area contributed by atoms with Crippen LogP contribution in [0.3, 0.4) is 0 Å². The summed E-state index contributed by atoms with van der Waals surface area (Å²) in [6.07, 6.45) is 1.10. The summed E-state index contributed by atoms with van der Waals surface area (Å²) in [4.78, 5) is 13.7. The van der Waals surface area contributed by atoms with E-state index in [1.165, 1.54) is 19.2 Å². The minimum Gasteiger partial charge on any atom is -0.494 e. The van der Waals surface area contributed by atoms with E-state index in [2.05, 4.69) is 0 Å². The number of hydrogen-bond donors (Lipinski definition) is 1. The summed E-state index contributed by atoms with van der Waals surface area (Å²) >= 11 is 0. The van der Waals surface area contributed by atoms with Crippen molar-refractivity contribution < 1.29 is 19.0 Å². The zero-order chi connectivity index (χ0) is 13.8. The number of carbonyl (C=O) groups is 1. The van der Waals surface area contributed by atoms with Gasteiger partial charge in [-0.15, -0.1) is 0 Å². The summed E-state index contributed by atoms with van der Waals surface area (Å²) in [5, 5.41) is 9.39. The quantitative estimate of drug-likeness (QED) is 0.899. The molecule has 4 nitrogen and oxygen atoms in total. The third kappa shape index (κ3) is 3.44. The lowest BCUT2D eigenvalue weighted by Crippen LogP contribution is -2.40. The average Bonchev–Trinajstić information content (AvgIpc) is 2.39. The standard InChI is InChI=1S/C14H18FNO3/c1-19-13-3-2-10(8-12(13)15)9-14(18)16-6-4-11(17)5-7-16/h2-3,8,11,17H,4-7,9H2,1H3. The Balaban J connectivity index is 1.97. The zero-order valence-corrected chi connectivity index (χ0v) is 10.9. The van der Waals surface area contributed by atoms with Crippen molar-refractivity contribution >= 4 is 5.91 Å². The van der Waals surface area contributed by atoms with Crippen molar-refractivity contribution in [2.24, 2.45) is 0 Å². The molecule has 1 aromatic carbocycles. The molecular formula is C14H18FNO3. The number of aliphatic hydroxyl groups is 1. The lowest BCUT2D eigenvalue weighted by Gasteiger charge is -2.29. The normalized spacial score (nSPS) is 16.5. The largest absolute Gasteiger partial charge is 0.494 e. The van der Waals surface area contributed by atoms with E-state index in [0.717, 1.165) is 0 Å². The number of halogens is 1. The predicted molar refractivity (Wildman–Crippen MR) is 68.5 cm³/mol. The molecule has 1 fully saturated rings. The van der Waals surface area contributed by atoms with Crippen molar-refractivity contribution in [3.8, 4) is 5.75 Å². The van der Waals surface area contributed by atoms with Gasteiger partial charge >= 0.3 is 0 Å². The third-order valence-corrected chi connectivity index (χ3v) is 3.39. The van der Waals surface area contributed by atoms with Gasteiger partial charge in [-0.1, -0.05) is 6.07 Å². The molecule has 104 valence electrons. The van der Waals surface area contributed by atoms with Crippen LogP contribution in [0.4, 0.5) is 4.39 Å². The van der Waals surface area contributed by atoms with Gasteiger partial charge in [0.1, 0.15) is 0 Å². The van der Waals surface area contributed by atoms with Crippen LogP contribution < -0.4 is 4.74 Å². The molecule has 1 aromatic rings. The summed E-state index contributed by atoms with van der Waals surface area (Å²) in [5.41, 5.74) is 0.634. The molecule has 0 radical (unpaired) electrons. The molecule has 0 atom stereocenters. The number of methoxy groups -OCH3 is 1. The lowest BCUT2D eigenvalue weighted by atomic mass is 10.1. The van der Waals surface area contributed by atoms with E-state index in [-0.39, 0.29) is 24.2 Å². The first-order chi connectivity index (χ1) is 9.10. The maximum Gasteiger partial charge on any atom is 0.226 e. The Bertz CT molecular complexity index is 456. The topological polar surface area (TPSA) is 49.8 Å². The van der Waals surface area contributed by atoms with Gasteiger partial charge in [0.15, 0.2) is 11.6 Å². The number of rotatable bonds is 3. The molecule has 1 aliphatic rings. The van der Waals surface area contributed by atoms with Gasteiger partial charge in [-0.2, -0.15) is 0 Å².